The standard InChI is InChI=1S/C12H11ClN2O/c1-8-10(9-4-3-5-14-7-9)6-11(13)12(15-8)16-2/h3-7H,1-2H3. The highest BCUT2D eigenvalue weighted by Gasteiger charge is 2.09. The number of halogens is 1. The molecule has 2 rings (SSSR count). The van der Waals surface area contributed by atoms with Gasteiger partial charge in [-0.15, -0.1) is 0 Å². The molecule has 0 radical (unpaired) electrons. The minimum absolute atomic E-state index is 0.451. The first kappa shape index (κ1) is 10.9. The summed E-state index contributed by atoms with van der Waals surface area (Å²) < 4.78 is 5.06. The molecule has 0 amide bonds. The topological polar surface area (TPSA) is 35.0 Å². The maximum Gasteiger partial charge on any atom is 0.232 e. The van der Waals surface area contributed by atoms with Crippen LogP contribution in [0.1, 0.15) is 5.69 Å². The monoisotopic (exact) mass is 234 g/mol. The third kappa shape index (κ3) is 1.99. The van der Waals surface area contributed by atoms with Crippen LogP contribution in [-0.2, 0) is 0 Å². The predicted molar refractivity (Wildman–Crippen MR) is 63.8 cm³/mol. The first-order valence-electron chi connectivity index (χ1n) is 4.84. The molecule has 4 heteroatoms. The molecule has 2 aromatic heterocycles. The van der Waals surface area contributed by atoms with E-state index in [9.17, 15) is 0 Å². The fraction of sp³-hybridized carbons (Fsp3) is 0.167. The van der Waals surface area contributed by atoms with E-state index in [0.29, 0.717) is 10.9 Å². The molecule has 16 heavy (non-hydrogen) atoms. The number of nitrogens with zero attached hydrogens (tertiary/aromatic N) is 2. The summed E-state index contributed by atoms with van der Waals surface area (Å²) in [4.78, 5) is 8.36. The molecule has 2 heterocycles. The van der Waals surface area contributed by atoms with Crippen LogP contribution in [-0.4, -0.2) is 17.1 Å². The number of rotatable bonds is 2. The van der Waals surface area contributed by atoms with Crippen molar-refractivity contribution in [2.75, 3.05) is 7.11 Å². The van der Waals surface area contributed by atoms with Crippen molar-refractivity contribution in [2.24, 2.45) is 0 Å². The van der Waals surface area contributed by atoms with Crippen molar-refractivity contribution >= 4 is 11.6 Å². The maximum absolute atomic E-state index is 6.04. The molecule has 0 atom stereocenters. The quantitative estimate of drug-likeness (QED) is 0.801. The molecule has 0 aromatic carbocycles. The highest BCUT2D eigenvalue weighted by molar-refractivity contribution is 6.32. The third-order valence-corrected chi connectivity index (χ3v) is 2.57. The first-order chi connectivity index (χ1) is 7.72. The lowest BCUT2D eigenvalue weighted by Gasteiger charge is -2.08. The zero-order valence-corrected chi connectivity index (χ0v) is 9.82. The third-order valence-electron chi connectivity index (χ3n) is 2.30. The second-order valence-corrected chi connectivity index (χ2v) is 3.76. The fourth-order valence-corrected chi connectivity index (χ4v) is 1.74. The van der Waals surface area contributed by atoms with Gasteiger partial charge in [0.25, 0.3) is 0 Å². The number of hydrogen-bond acceptors (Lipinski definition) is 3. The van der Waals surface area contributed by atoms with Crippen LogP contribution < -0.4 is 4.74 Å². The average molecular weight is 235 g/mol. The zero-order chi connectivity index (χ0) is 11.5. The molecular formula is C12H11ClN2O. The van der Waals surface area contributed by atoms with E-state index >= 15 is 0 Å². The van der Waals surface area contributed by atoms with Gasteiger partial charge in [-0.25, -0.2) is 4.98 Å². The number of methoxy groups -OCH3 is 1. The van der Waals surface area contributed by atoms with Gasteiger partial charge < -0.3 is 4.74 Å². The molecule has 3 nitrogen and oxygen atoms in total. The number of aromatic nitrogens is 2. The number of ether oxygens (including phenoxy) is 1. The second-order valence-electron chi connectivity index (χ2n) is 3.35. The van der Waals surface area contributed by atoms with E-state index in [4.69, 9.17) is 16.3 Å². The molecule has 2 aromatic rings. The van der Waals surface area contributed by atoms with Crippen molar-refractivity contribution in [1.29, 1.82) is 0 Å². The summed E-state index contributed by atoms with van der Waals surface area (Å²) in [5.41, 5.74) is 2.84. The summed E-state index contributed by atoms with van der Waals surface area (Å²) in [6, 6.07) is 5.70. The van der Waals surface area contributed by atoms with Gasteiger partial charge in [-0.3, -0.25) is 4.98 Å². The molecule has 0 fully saturated rings. The molecule has 0 bridgehead atoms. The van der Waals surface area contributed by atoms with Crippen molar-refractivity contribution < 1.29 is 4.74 Å². The molecule has 0 saturated heterocycles. The van der Waals surface area contributed by atoms with Crippen LogP contribution in [0.15, 0.2) is 30.6 Å². The molecule has 0 aliphatic rings. The molecule has 0 aliphatic heterocycles. The van der Waals surface area contributed by atoms with Gasteiger partial charge in [0, 0.05) is 29.2 Å². The van der Waals surface area contributed by atoms with Crippen LogP contribution in [0.2, 0.25) is 5.02 Å². The first-order valence-corrected chi connectivity index (χ1v) is 5.21. The Morgan fingerprint density at radius 3 is 2.81 bits per heavy atom. The summed E-state index contributed by atoms with van der Waals surface area (Å²) in [5.74, 6) is 0.451. The van der Waals surface area contributed by atoms with E-state index in [1.807, 2.05) is 25.1 Å². The molecule has 0 aliphatic carbocycles. The number of hydrogen-bond donors (Lipinski definition) is 0. The highest BCUT2D eigenvalue weighted by Crippen LogP contribution is 2.30. The largest absolute Gasteiger partial charge is 0.480 e. The Kier molecular flexibility index (Phi) is 3.06. The molecule has 0 spiro atoms. The predicted octanol–water partition coefficient (Wildman–Crippen LogP) is 3.11. The Labute approximate surface area is 99.1 Å². The molecule has 0 unspecified atom stereocenters. The lowest BCUT2D eigenvalue weighted by atomic mass is 10.1. The lowest BCUT2D eigenvalue weighted by molar-refractivity contribution is 0.397. The normalized spacial score (nSPS) is 10.2. The van der Waals surface area contributed by atoms with E-state index in [1.165, 1.54) is 0 Å². The summed E-state index contributed by atoms with van der Waals surface area (Å²) in [7, 11) is 1.55. The minimum Gasteiger partial charge on any atom is -0.480 e. The van der Waals surface area contributed by atoms with Crippen molar-refractivity contribution in [3.05, 3.63) is 41.3 Å². The van der Waals surface area contributed by atoms with E-state index < -0.39 is 0 Å². The summed E-state index contributed by atoms with van der Waals surface area (Å²) in [6.07, 6.45) is 3.52. The van der Waals surface area contributed by atoms with Crippen LogP contribution in [0, 0.1) is 6.92 Å². The van der Waals surface area contributed by atoms with Crippen molar-refractivity contribution in [3.63, 3.8) is 0 Å². The zero-order valence-electron chi connectivity index (χ0n) is 9.07. The molecular weight excluding hydrogens is 224 g/mol. The van der Waals surface area contributed by atoms with Crippen molar-refractivity contribution in [2.45, 2.75) is 6.92 Å². The molecule has 0 saturated carbocycles. The van der Waals surface area contributed by atoms with Gasteiger partial charge in [0.1, 0.15) is 5.02 Å². The molecule has 0 N–H and O–H groups in total. The molecule has 82 valence electrons. The van der Waals surface area contributed by atoms with E-state index in [2.05, 4.69) is 9.97 Å². The van der Waals surface area contributed by atoms with Crippen molar-refractivity contribution in [1.82, 2.24) is 9.97 Å². The number of aryl methyl sites for hydroxylation is 1. The Morgan fingerprint density at radius 2 is 2.19 bits per heavy atom. The number of pyridine rings is 2. The van der Waals surface area contributed by atoms with Crippen LogP contribution in [0.4, 0.5) is 0 Å². The highest BCUT2D eigenvalue weighted by atomic mass is 35.5. The van der Waals surface area contributed by atoms with Gasteiger partial charge in [0.05, 0.1) is 7.11 Å². The Bertz CT molecular complexity index is 500. The van der Waals surface area contributed by atoms with E-state index in [-0.39, 0.29) is 0 Å². The van der Waals surface area contributed by atoms with Crippen LogP contribution in [0.5, 0.6) is 5.88 Å². The maximum atomic E-state index is 6.04. The van der Waals surface area contributed by atoms with Crippen LogP contribution in [0.3, 0.4) is 0 Å². The smallest absolute Gasteiger partial charge is 0.232 e. The lowest BCUT2D eigenvalue weighted by Crippen LogP contribution is -1.94. The van der Waals surface area contributed by atoms with Gasteiger partial charge in [0.15, 0.2) is 0 Å². The summed E-state index contributed by atoms with van der Waals surface area (Å²) >= 11 is 6.04. The Hall–Kier alpha value is -1.61. The SMILES string of the molecule is COc1nc(C)c(-c2cccnc2)cc1Cl. The van der Waals surface area contributed by atoms with Gasteiger partial charge in [-0.1, -0.05) is 17.7 Å². The second kappa shape index (κ2) is 4.49. The fourth-order valence-electron chi connectivity index (χ4n) is 1.52. The van der Waals surface area contributed by atoms with Gasteiger partial charge in [0.2, 0.25) is 5.88 Å². The summed E-state index contributed by atoms with van der Waals surface area (Å²) in [5, 5.41) is 0.506. The van der Waals surface area contributed by atoms with Gasteiger partial charge >= 0.3 is 0 Å². The summed E-state index contributed by atoms with van der Waals surface area (Å²) in [6.45, 7) is 1.92. The van der Waals surface area contributed by atoms with Gasteiger partial charge in [-0.2, -0.15) is 0 Å². The van der Waals surface area contributed by atoms with Crippen LogP contribution >= 0.6 is 11.6 Å². The average Bonchev–Trinajstić information content (AvgIpc) is 2.32. The van der Waals surface area contributed by atoms with Crippen molar-refractivity contribution in [3.8, 4) is 17.0 Å². The van der Waals surface area contributed by atoms with Gasteiger partial charge in [-0.05, 0) is 19.1 Å². The van der Waals surface area contributed by atoms with E-state index in [1.54, 1.807) is 19.5 Å². The van der Waals surface area contributed by atoms with E-state index in [0.717, 1.165) is 16.8 Å². The Morgan fingerprint density at radius 1 is 1.38 bits per heavy atom. The Balaban J connectivity index is 2.55. The minimum atomic E-state index is 0.451. The van der Waals surface area contributed by atoms with Crippen LogP contribution in [0.25, 0.3) is 11.1 Å².